The molecule has 1 saturated heterocycles. The summed E-state index contributed by atoms with van der Waals surface area (Å²) in [4.78, 5) is 48.4. The van der Waals surface area contributed by atoms with E-state index in [-0.39, 0.29) is 24.2 Å². The van der Waals surface area contributed by atoms with Crippen molar-refractivity contribution in [1.29, 1.82) is 0 Å². The summed E-state index contributed by atoms with van der Waals surface area (Å²) in [5, 5.41) is 10.8. The second-order valence-corrected chi connectivity index (χ2v) is 7.57. The van der Waals surface area contributed by atoms with Gasteiger partial charge in [-0.3, -0.25) is 9.59 Å². The lowest BCUT2D eigenvalue weighted by Crippen LogP contribution is -2.40. The Bertz CT molecular complexity index is 858. The van der Waals surface area contributed by atoms with Crippen LogP contribution in [0.3, 0.4) is 0 Å². The zero-order valence-electron chi connectivity index (χ0n) is 17.5. The van der Waals surface area contributed by atoms with Crippen molar-refractivity contribution in [2.75, 3.05) is 6.61 Å². The molecule has 0 radical (unpaired) electrons. The molecule has 1 heterocycles. The fraction of sp³-hybridized carbons (Fsp3) is 0.455. The van der Waals surface area contributed by atoms with E-state index in [2.05, 4.69) is 6.58 Å². The predicted molar refractivity (Wildman–Crippen MR) is 106 cm³/mol. The minimum Gasteiger partial charge on any atom is -0.461 e. The van der Waals surface area contributed by atoms with Crippen molar-refractivity contribution in [2.24, 2.45) is 5.92 Å². The maximum Gasteiger partial charge on any atom is 0.334 e. The summed E-state index contributed by atoms with van der Waals surface area (Å²) in [5.74, 6) is -3.23. The van der Waals surface area contributed by atoms with Crippen LogP contribution in [0.15, 0.2) is 47.6 Å². The largest absolute Gasteiger partial charge is 0.461 e. The van der Waals surface area contributed by atoms with Gasteiger partial charge in [0, 0.05) is 30.1 Å². The van der Waals surface area contributed by atoms with Crippen molar-refractivity contribution in [2.45, 2.75) is 51.9 Å². The summed E-state index contributed by atoms with van der Waals surface area (Å²) < 4.78 is 15.9. The van der Waals surface area contributed by atoms with Crippen molar-refractivity contribution >= 4 is 23.7 Å². The lowest BCUT2D eigenvalue weighted by molar-refractivity contribution is -0.150. The number of aliphatic hydroxyl groups is 1. The summed E-state index contributed by atoms with van der Waals surface area (Å²) in [6, 6.07) is 0. The van der Waals surface area contributed by atoms with E-state index in [1.165, 1.54) is 26.0 Å². The maximum atomic E-state index is 12.6. The molecule has 1 aliphatic carbocycles. The van der Waals surface area contributed by atoms with E-state index in [1.807, 2.05) is 0 Å². The third-order valence-corrected chi connectivity index (χ3v) is 5.00. The molecule has 0 unspecified atom stereocenters. The predicted octanol–water partition coefficient (Wildman–Crippen LogP) is 1.73. The van der Waals surface area contributed by atoms with Gasteiger partial charge in [0.05, 0.1) is 11.5 Å². The molecule has 2 rings (SSSR count). The SMILES string of the molecule is C=C1C(=O)O[C@@H]2/C=C(/COC(C)=O)C(=O)/C=C/[C@](C)(O)C[C@@H](OC(=O)/C(C)=C\C)[C@@H]12. The van der Waals surface area contributed by atoms with Gasteiger partial charge in [0.15, 0.2) is 5.78 Å². The molecule has 8 heteroatoms. The summed E-state index contributed by atoms with van der Waals surface area (Å²) >= 11 is 0. The second kappa shape index (κ2) is 9.21. The number of allylic oxidation sites excluding steroid dienone is 2. The van der Waals surface area contributed by atoms with E-state index in [0.29, 0.717) is 5.57 Å². The Morgan fingerprint density at radius 2 is 2.03 bits per heavy atom. The Kier molecular flexibility index (Phi) is 7.15. The van der Waals surface area contributed by atoms with Gasteiger partial charge in [-0.05, 0) is 39.0 Å². The second-order valence-electron chi connectivity index (χ2n) is 7.57. The third-order valence-electron chi connectivity index (χ3n) is 5.00. The minimum atomic E-state index is -1.54. The lowest BCUT2D eigenvalue weighted by atomic mass is 9.82. The maximum absolute atomic E-state index is 12.6. The smallest absolute Gasteiger partial charge is 0.334 e. The number of carbonyl (C=O) groups excluding carboxylic acids is 4. The summed E-state index contributed by atoms with van der Waals surface area (Å²) in [6.07, 6.45) is 3.35. The molecule has 162 valence electrons. The number of ketones is 1. The van der Waals surface area contributed by atoms with Crippen LogP contribution in [-0.4, -0.2) is 53.2 Å². The summed E-state index contributed by atoms with van der Waals surface area (Å²) in [6.45, 7) is 9.33. The Morgan fingerprint density at radius 1 is 1.37 bits per heavy atom. The van der Waals surface area contributed by atoms with Gasteiger partial charge < -0.3 is 19.3 Å². The fourth-order valence-electron chi connectivity index (χ4n) is 3.19. The van der Waals surface area contributed by atoms with Gasteiger partial charge >= 0.3 is 17.9 Å². The quantitative estimate of drug-likeness (QED) is 0.417. The van der Waals surface area contributed by atoms with Crippen molar-refractivity contribution < 1.29 is 38.5 Å². The zero-order chi connectivity index (χ0) is 22.6. The van der Waals surface area contributed by atoms with E-state index >= 15 is 0 Å². The summed E-state index contributed by atoms with van der Waals surface area (Å²) in [7, 11) is 0. The number of esters is 3. The normalized spacial score (nSPS) is 32.4. The van der Waals surface area contributed by atoms with Gasteiger partial charge in [-0.25, -0.2) is 9.59 Å². The van der Waals surface area contributed by atoms with Gasteiger partial charge in [0.2, 0.25) is 0 Å². The molecular formula is C22H26O8. The van der Waals surface area contributed by atoms with Gasteiger partial charge in [0.1, 0.15) is 18.8 Å². The van der Waals surface area contributed by atoms with Crippen molar-refractivity contribution in [3.05, 3.63) is 47.6 Å². The van der Waals surface area contributed by atoms with Crippen LogP contribution < -0.4 is 0 Å². The number of ether oxygens (including phenoxy) is 3. The molecule has 1 N–H and O–H groups in total. The highest BCUT2D eigenvalue weighted by Crippen LogP contribution is 2.37. The third kappa shape index (κ3) is 5.54. The molecule has 4 atom stereocenters. The van der Waals surface area contributed by atoms with Crippen LogP contribution in [0.4, 0.5) is 0 Å². The average molecular weight is 418 g/mol. The van der Waals surface area contributed by atoms with Gasteiger partial charge in [-0.1, -0.05) is 12.7 Å². The first-order chi connectivity index (χ1) is 13.9. The molecule has 0 amide bonds. The van der Waals surface area contributed by atoms with Gasteiger partial charge in [-0.2, -0.15) is 0 Å². The van der Waals surface area contributed by atoms with E-state index in [4.69, 9.17) is 14.2 Å². The molecule has 0 aromatic heterocycles. The first kappa shape index (κ1) is 23.3. The van der Waals surface area contributed by atoms with E-state index in [0.717, 1.165) is 6.08 Å². The van der Waals surface area contributed by atoms with Crippen LogP contribution >= 0.6 is 0 Å². The molecule has 8 nitrogen and oxygen atoms in total. The number of hydrogen-bond donors (Lipinski definition) is 1. The number of hydrogen-bond acceptors (Lipinski definition) is 8. The number of fused-ring (bicyclic) bond motifs is 1. The van der Waals surface area contributed by atoms with Crippen LogP contribution in [-0.2, 0) is 33.4 Å². The molecule has 2 aliphatic rings. The van der Waals surface area contributed by atoms with Crippen molar-refractivity contribution in [3.8, 4) is 0 Å². The van der Waals surface area contributed by atoms with Crippen molar-refractivity contribution in [1.82, 2.24) is 0 Å². The first-order valence-corrected chi connectivity index (χ1v) is 9.49. The fourth-order valence-corrected chi connectivity index (χ4v) is 3.19. The Hall–Kier alpha value is -3.00. The Labute approximate surface area is 174 Å². The van der Waals surface area contributed by atoms with E-state index < -0.39 is 47.4 Å². The molecular weight excluding hydrogens is 392 g/mol. The van der Waals surface area contributed by atoms with Gasteiger partial charge in [0.25, 0.3) is 0 Å². The highest BCUT2D eigenvalue weighted by Gasteiger charge is 2.46. The highest BCUT2D eigenvalue weighted by molar-refractivity contribution is 6.04. The molecule has 1 aliphatic heterocycles. The Balaban J connectivity index is 2.53. The van der Waals surface area contributed by atoms with Crippen LogP contribution in [0, 0.1) is 5.92 Å². The molecule has 0 aromatic carbocycles. The monoisotopic (exact) mass is 418 g/mol. The Morgan fingerprint density at radius 3 is 2.63 bits per heavy atom. The van der Waals surface area contributed by atoms with Crippen LogP contribution in [0.25, 0.3) is 0 Å². The first-order valence-electron chi connectivity index (χ1n) is 9.49. The van der Waals surface area contributed by atoms with Crippen LogP contribution in [0.1, 0.15) is 34.1 Å². The molecule has 0 aromatic rings. The van der Waals surface area contributed by atoms with E-state index in [9.17, 15) is 24.3 Å². The molecule has 0 bridgehead atoms. The highest BCUT2D eigenvalue weighted by atomic mass is 16.6. The van der Waals surface area contributed by atoms with E-state index in [1.54, 1.807) is 19.9 Å². The van der Waals surface area contributed by atoms with Crippen molar-refractivity contribution in [3.63, 3.8) is 0 Å². The number of carbonyl (C=O) groups is 4. The zero-order valence-corrected chi connectivity index (χ0v) is 17.5. The molecule has 0 spiro atoms. The van der Waals surface area contributed by atoms with Crippen LogP contribution in [0.2, 0.25) is 0 Å². The molecule has 1 fully saturated rings. The topological polar surface area (TPSA) is 116 Å². The van der Waals surface area contributed by atoms with Crippen LogP contribution in [0.5, 0.6) is 0 Å². The molecule has 0 saturated carbocycles. The standard InChI is InChI=1S/C22H26O8/c1-6-12(2)20(25)30-18-10-22(5,27)8-7-16(24)15(11-28-14(4)23)9-17-19(18)13(3)21(26)29-17/h6-9,17-19,27H,3,10-11H2,1-2,4-5H3/b8-7+,12-6-,15-9-/t17-,18-,19+,22+/m1/s1. The minimum absolute atomic E-state index is 0.0614. The lowest BCUT2D eigenvalue weighted by Gasteiger charge is -2.31. The average Bonchev–Trinajstić information content (AvgIpc) is 2.94. The molecule has 30 heavy (non-hydrogen) atoms. The summed E-state index contributed by atoms with van der Waals surface area (Å²) in [5.41, 5.74) is -1.06. The number of rotatable bonds is 4. The van der Waals surface area contributed by atoms with Gasteiger partial charge in [-0.15, -0.1) is 0 Å².